The first kappa shape index (κ1) is 11.5. The van der Waals surface area contributed by atoms with Gasteiger partial charge in [-0.15, -0.1) is 0 Å². The number of hydrogen-bond donors (Lipinski definition) is 3. The molecule has 0 aliphatic rings. The largest absolute Gasteiger partial charge is 0.409 e. The topological polar surface area (TPSA) is 83.5 Å². The molecule has 0 saturated carbocycles. The van der Waals surface area contributed by atoms with E-state index in [1.165, 1.54) is 0 Å². The number of hydrogen-bond acceptors (Lipinski definition) is 4. The second kappa shape index (κ2) is 5.98. The van der Waals surface area contributed by atoms with Gasteiger partial charge in [0.15, 0.2) is 0 Å². The lowest BCUT2D eigenvalue weighted by Gasteiger charge is -2.03. The van der Waals surface area contributed by atoms with E-state index in [-0.39, 0.29) is 5.84 Å². The number of aromatic nitrogens is 1. The third-order valence-electron chi connectivity index (χ3n) is 1.99. The van der Waals surface area contributed by atoms with Crippen LogP contribution in [0.25, 0.3) is 0 Å². The van der Waals surface area contributed by atoms with E-state index < -0.39 is 0 Å². The van der Waals surface area contributed by atoms with E-state index in [0.717, 1.165) is 17.8 Å². The van der Waals surface area contributed by atoms with Gasteiger partial charge in [-0.1, -0.05) is 11.2 Å². The first-order chi connectivity index (χ1) is 7.22. The molecule has 0 aliphatic heterocycles. The minimum atomic E-state index is 0.240. The molecule has 0 unspecified atom stereocenters. The maximum Gasteiger partial charge on any atom is 0.140 e. The van der Waals surface area contributed by atoms with Gasteiger partial charge in [-0.2, -0.15) is 0 Å². The van der Waals surface area contributed by atoms with E-state index in [9.17, 15) is 0 Å². The van der Waals surface area contributed by atoms with Crippen LogP contribution in [0.15, 0.2) is 23.5 Å². The molecule has 0 aliphatic carbocycles. The van der Waals surface area contributed by atoms with Crippen molar-refractivity contribution in [3.8, 4) is 0 Å². The Morgan fingerprint density at radius 3 is 3.00 bits per heavy atom. The third-order valence-corrected chi connectivity index (χ3v) is 1.99. The summed E-state index contributed by atoms with van der Waals surface area (Å²) < 4.78 is 0. The summed E-state index contributed by atoms with van der Waals surface area (Å²) in [5.74, 6) is 0.240. The van der Waals surface area contributed by atoms with Crippen LogP contribution in [0.1, 0.15) is 17.7 Å². The van der Waals surface area contributed by atoms with Gasteiger partial charge in [0.2, 0.25) is 0 Å². The second-order valence-corrected chi connectivity index (χ2v) is 3.33. The van der Waals surface area contributed by atoms with Crippen molar-refractivity contribution >= 4 is 5.84 Å². The van der Waals surface area contributed by atoms with Crippen LogP contribution in [0.2, 0.25) is 0 Å². The van der Waals surface area contributed by atoms with Gasteiger partial charge in [-0.25, -0.2) is 0 Å². The fourth-order valence-electron chi connectivity index (χ4n) is 1.10. The lowest BCUT2D eigenvalue weighted by Crippen LogP contribution is -2.22. The molecule has 5 nitrogen and oxygen atoms in total. The van der Waals surface area contributed by atoms with Crippen LogP contribution in [0, 0.1) is 6.92 Å². The van der Waals surface area contributed by atoms with Crippen LogP contribution >= 0.6 is 0 Å². The second-order valence-electron chi connectivity index (χ2n) is 3.33. The molecule has 1 heterocycles. The highest BCUT2D eigenvalue weighted by molar-refractivity contribution is 5.79. The van der Waals surface area contributed by atoms with Crippen LogP contribution in [-0.2, 0) is 6.54 Å². The molecule has 1 aromatic heterocycles. The molecule has 15 heavy (non-hydrogen) atoms. The average molecular weight is 208 g/mol. The van der Waals surface area contributed by atoms with Crippen molar-refractivity contribution in [2.24, 2.45) is 10.9 Å². The Kier molecular flexibility index (Phi) is 4.56. The number of nitrogens with zero attached hydrogens (tertiary/aromatic N) is 2. The van der Waals surface area contributed by atoms with Crippen molar-refractivity contribution in [3.05, 3.63) is 29.6 Å². The van der Waals surface area contributed by atoms with Gasteiger partial charge in [0, 0.05) is 31.4 Å². The van der Waals surface area contributed by atoms with Crippen molar-refractivity contribution < 1.29 is 5.21 Å². The summed E-state index contributed by atoms with van der Waals surface area (Å²) in [6.45, 7) is 3.38. The number of rotatable bonds is 5. The minimum Gasteiger partial charge on any atom is -0.409 e. The highest BCUT2D eigenvalue weighted by Gasteiger charge is 1.95. The molecule has 5 heteroatoms. The zero-order valence-corrected chi connectivity index (χ0v) is 8.77. The zero-order chi connectivity index (χ0) is 11.1. The van der Waals surface area contributed by atoms with Gasteiger partial charge >= 0.3 is 0 Å². The van der Waals surface area contributed by atoms with Gasteiger partial charge in [-0.05, 0) is 18.6 Å². The predicted octanol–water partition coefficient (Wildman–Crippen LogP) is 0.616. The van der Waals surface area contributed by atoms with Crippen LogP contribution in [0.4, 0.5) is 0 Å². The molecule has 1 aromatic rings. The lowest BCUT2D eigenvalue weighted by molar-refractivity contribution is 0.316. The summed E-state index contributed by atoms with van der Waals surface area (Å²) in [6, 6.07) is 4.00. The zero-order valence-electron chi connectivity index (χ0n) is 8.77. The molecule has 82 valence electrons. The van der Waals surface area contributed by atoms with Crippen LogP contribution in [0.3, 0.4) is 0 Å². The average Bonchev–Trinajstić information content (AvgIpc) is 2.26. The molecular weight excluding hydrogens is 192 g/mol. The van der Waals surface area contributed by atoms with Crippen LogP contribution < -0.4 is 11.1 Å². The Bertz CT molecular complexity index is 321. The molecule has 1 rings (SSSR count). The van der Waals surface area contributed by atoms with E-state index in [1.54, 1.807) is 0 Å². The molecule has 0 saturated heterocycles. The predicted molar refractivity (Wildman–Crippen MR) is 58.7 cm³/mol. The normalized spacial score (nSPS) is 11.7. The quantitative estimate of drug-likeness (QED) is 0.218. The highest BCUT2D eigenvalue weighted by atomic mass is 16.4. The third kappa shape index (κ3) is 4.42. The molecule has 0 aromatic carbocycles. The molecule has 0 bridgehead atoms. The Balaban J connectivity index is 2.23. The summed E-state index contributed by atoms with van der Waals surface area (Å²) in [6.07, 6.45) is 2.38. The summed E-state index contributed by atoms with van der Waals surface area (Å²) in [5.41, 5.74) is 7.45. The van der Waals surface area contributed by atoms with E-state index in [4.69, 9.17) is 10.9 Å². The number of pyridine rings is 1. The molecule has 0 spiro atoms. The molecule has 4 N–H and O–H groups in total. The SMILES string of the molecule is Cc1ccc(CNCCC(N)=NO)cn1. The molecule has 0 radical (unpaired) electrons. The standard InChI is InChI=1S/C10H16N4O/c1-8-2-3-9(7-13-8)6-12-5-4-10(11)14-15/h2-3,7,12,15H,4-6H2,1H3,(H2,11,14). The van der Waals surface area contributed by atoms with Crippen molar-refractivity contribution in [3.63, 3.8) is 0 Å². The fourth-order valence-corrected chi connectivity index (χ4v) is 1.10. The number of amidine groups is 1. The van der Waals surface area contributed by atoms with Gasteiger partial charge in [0.1, 0.15) is 5.84 Å². The first-order valence-electron chi connectivity index (χ1n) is 4.81. The van der Waals surface area contributed by atoms with E-state index >= 15 is 0 Å². The smallest absolute Gasteiger partial charge is 0.140 e. The van der Waals surface area contributed by atoms with Crippen molar-refractivity contribution in [1.29, 1.82) is 0 Å². The van der Waals surface area contributed by atoms with E-state index in [0.29, 0.717) is 13.0 Å². The van der Waals surface area contributed by atoms with Crippen molar-refractivity contribution in [2.75, 3.05) is 6.54 Å². The molecule has 0 fully saturated rings. The summed E-state index contributed by atoms with van der Waals surface area (Å²) in [5, 5.41) is 14.4. The van der Waals surface area contributed by atoms with E-state index in [1.807, 2.05) is 25.3 Å². The summed E-state index contributed by atoms with van der Waals surface area (Å²) >= 11 is 0. The Labute approximate surface area is 89.0 Å². The summed E-state index contributed by atoms with van der Waals surface area (Å²) in [7, 11) is 0. The van der Waals surface area contributed by atoms with Gasteiger partial charge in [0.05, 0.1) is 0 Å². The van der Waals surface area contributed by atoms with Crippen LogP contribution in [-0.4, -0.2) is 22.6 Å². The van der Waals surface area contributed by atoms with Crippen LogP contribution in [0.5, 0.6) is 0 Å². The number of aryl methyl sites for hydroxylation is 1. The Hall–Kier alpha value is -1.62. The van der Waals surface area contributed by atoms with Gasteiger partial charge < -0.3 is 16.3 Å². The monoisotopic (exact) mass is 208 g/mol. The first-order valence-corrected chi connectivity index (χ1v) is 4.81. The summed E-state index contributed by atoms with van der Waals surface area (Å²) in [4.78, 5) is 4.18. The highest BCUT2D eigenvalue weighted by Crippen LogP contribution is 1.98. The van der Waals surface area contributed by atoms with Gasteiger partial charge in [-0.3, -0.25) is 4.98 Å². The molecule has 0 amide bonds. The van der Waals surface area contributed by atoms with Crippen molar-refractivity contribution in [1.82, 2.24) is 10.3 Å². The Morgan fingerprint density at radius 2 is 2.40 bits per heavy atom. The number of nitrogens with two attached hydrogens (primary N) is 1. The number of oxime groups is 1. The van der Waals surface area contributed by atoms with Crippen molar-refractivity contribution in [2.45, 2.75) is 19.9 Å². The minimum absolute atomic E-state index is 0.240. The Morgan fingerprint density at radius 1 is 1.60 bits per heavy atom. The van der Waals surface area contributed by atoms with Gasteiger partial charge in [0.25, 0.3) is 0 Å². The lowest BCUT2D eigenvalue weighted by atomic mass is 10.2. The number of nitrogens with one attached hydrogen (secondary N) is 1. The maximum absolute atomic E-state index is 8.31. The fraction of sp³-hybridized carbons (Fsp3) is 0.400. The molecular formula is C10H16N4O. The molecule has 0 atom stereocenters. The maximum atomic E-state index is 8.31. The van der Waals surface area contributed by atoms with E-state index in [2.05, 4.69) is 15.5 Å².